The maximum absolute atomic E-state index is 4.33. The number of nitrogens with zero attached hydrogens (tertiary/aromatic N) is 3. The van der Waals surface area contributed by atoms with Crippen LogP contribution >= 0.6 is 0 Å². The summed E-state index contributed by atoms with van der Waals surface area (Å²) in [5.41, 5.74) is 3.44. The zero-order valence-electron chi connectivity index (χ0n) is 12.2. The predicted molar refractivity (Wildman–Crippen MR) is 78.4 cm³/mol. The monoisotopic (exact) mass is 260 g/mol. The third-order valence-corrected chi connectivity index (χ3v) is 3.37. The van der Waals surface area contributed by atoms with E-state index in [1.54, 1.807) is 6.33 Å². The molecule has 1 atom stereocenters. The smallest absolute Gasteiger partial charge is 0.155 e. The van der Waals surface area contributed by atoms with E-state index in [-0.39, 0.29) is 0 Å². The lowest BCUT2D eigenvalue weighted by Gasteiger charge is -2.18. The molecule has 1 unspecified atom stereocenters. The van der Waals surface area contributed by atoms with E-state index in [0.29, 0.717) is 6.04 Å². The molecular weight excluding hydrogens is 236 g/mol. The summed E-state index contributed by atoms with van der Waals surface area (Å²) in [5, 5.41) is 7.96. The molecule has 0 saturated heterocycles. The molecule has 0 aliphatic rings. The molecule has 0 aliphatic heterocycles. The molecule has 104 valence electrons. The molecular formula is C15H24N4. The van der Waals surface area contributed by atoms with Gasteiger partial charge in [-0.15, -0.1) is 0 Å². The molecule has 0 amide bonds. The van der Waals surface area contributed by atoms with Gasteiger partial charge in [0, 0.05) is 18.2 Å². The maximum atomic E-state index is 4.33. The summed E-state index contributed by atoms with van der Waals surface area (Å²) in [5.74, 6) is 0. The standard InChI is InChI=1S/C15H24N4/c1-4-6-13(16-7-5-2)10-14-8-12(3)9-15-17-11-18-19(14)15/h8-9,11,13,16H,4-7,10H2,1-3H3. The van der Waals surface area contributed by atoms with Crippen LogP contribution in [-0.2, 0) is 6.42 Å². The largest absolute Gasteiger partial charge is 0.314 e. The first kappa shape index (κ1) is 14.0. The Kier molecular flexibility index (Phi) is 4.91. The van der Waals surface area contributed by atoms with Crippen LogP contribution in [0.25, 0.3) is 5.65 Å². The van der Waals surface area contributed by atoms with Crippen LogP contribution in [-0.4, -0.2) is 27.2 Å². The van der Waals surface area contributed by atoms with E-state index in [2.05, 4.69) is 48.3 Å². The van der Waals surface area contributed by atoms with Gasteiger partial charge >= 0.3 is 0 Å². The summed E-state index contributed by atoms with van der Waals surface area (Å²) >= 11 is 0. The van der Waals surface area contributed by atoms with Gasteiger partial charge in [-0.1, -0.05) is 20.3 Å². The summed E-state index contributed by atoms with van der Waals surface area (Å²) in [6, 6.07) is 4.82. The van der Waals surface area contributed by atoms with Gasteiger partial charge in [0.1, 0.15) is 6.33 Å². The number of hydrogen-bond donors (Lipinski definition) is 1. The lowest BCUT2D eigenvalue weighted by molar-refractivity contribution is 0.466. The Morgan fingerprint density at radius 2 is 2.11 bits per heavy atom. The average Bonchev–Trinajstić information content (AvgIpc) is 2.84. The van der Waals surface area contributed by atoms with Gasteiger partial charge in [-0.25, -0.2) is 9.50 Å². The molecule has 0 radical (unpaired) electrons. The van der Waals surface area contributed by atoms with Crippen LogP contribution in [0.3, 0.4) is 0 Å². The molecule has 0 aliphatic carbocycles. The number of nitrogens with one attached hydrogen (secondary N) is 1. The number of aryl methyl sites for hydroxylation is 1. The van der Waals surface area contributed by atoms with E-state index < -0.39 is 0 Å². The van der Waals surface area contributed by atoms with E-state index in [9.17, 15) is 0 Å². The zero-order chi connectivity index (χ0) is 13.7. The van der Waals surface area contributed by atoms with Crippen molar-refractivity contribution in [1.82, 2.24) is 19.9 Å². The van der Waals surface area contributed by atoms with Gasteiger partial charge in [-0.05, 0) is 44.0 Å². The molecule has 2 rings (SSSR count). The molecule has 2 heterocycles. The fourth-order valence-corrected chi connectivity index (χ4v) is 2.51. The maximum Gasteiger partial charge on any atom is 0.155 e. The third kappa shape index (κ3) is 3.53. The minimum atomic E-state index is 0.527. The van der Waals surface area contributed by atoms with Crippen molar-refractivity contribution in [2.75, 3.05) is 6.54 Å². The summed E-state index contributed by atoms with van der Waals surface area (Å²) in [6.07, 6.45) is 6.21. The van der Waals surface area contributed by atoms with Crippen LogP contribution in [0.5, 0.6) is 0 Å². The number of aromatic nitrogens is 3. The lowest BCUT2D eigenvalue weighted by atomic mass is 10.0. The quantitative estimate of drug-likeness (QED) is 0.832. The molecule has 0 saturated carbocycles. The van der Waals surface area contributed by atoms with Crippen molar-refractivity contribution >= 4 is 5.65 Å². The van der Waals surface area contributed by atoms with Gasteiger partial charge < -0.3 is 5.32 Å². The molecule has 0 aromatic carbocycles. The highest BCUT2D eigenvalue weighted by Crippen LogP contribution is 2.12. The van der Waals surface area contributed by atoms with Crippen LogP contribution in [0.4, 0.5) is 0 Å². The number of hydrogen-bond acceptors (Lipinski definition) is 3. The van der Waals surface area contributed by atoms with Crippen molar-refractivity contribution in [3.05, 3.63) is 29.7 Å². The molecule has 0 fully saturated rings. The van der Waals surface area contributed by atoms with Crippen LogP contribution in [0.1, 0.15) is 44.4 Å². The molecule has 4 heteroatoms. The second-order valence-corrected chi connectivity index (χ2v) is 5.20. The molecule has 0 spiro atoms. The Labute approximate surface area is 115 Å². The minimum absolute atomic E-state index is 0.527. The van der Waals surface area contributed by atoms with Crippen LogP contribution in [0.15, 0.2) is 18.5 Å². The Bertz CT molecular complexity index is 518. The highest BCUT2D eigenvalue weighted by Gasteiger charge is 2.11. The van der Waals surface area contributed by atoms with Crippen molar-refractivity contribution in [1.29, 1.82) is 0 Å². The van der Waals surface area contributed by atoms with Crippen molar-refractivity contribution in [2.24, 2.45) is 0 Å². The van der Waals surface area contributed by atoms with Gasteiger partial charge in [-0.3, -0.25) is 0 Å². The predicted octanol–water partition coefficient (Wildman–Crippen LogP) is 2.75. The summed E-state index contributed by atoms with van der Waals surface area (Å²) in [4.78, 5) is 4.29. The molecule has 1 N–H and O–H groups in total. The van der Waals surface area contributed by atoms with Crippen LogP contribution in [0, 0.1) is 6.92 Å². The van der Waals surface area contributed by atoms with Crippen molar-refractivity contribution in [3.63, 3.8) is 0 Å². The van der Waals surface area contributed by atoms with E-state index in [0.717, 1.165) is 18.6 Å². The van der Waals surface area contributed by atoms with Crippen LogP contribution < -0.4 is 5.32 Å². The highest BCUT2D eigenvalue weighted by molar-refractivity contribution is 5.41. The lowest BCUT2D eigenvalue weighted by Crippen LogP contribution is -2.32. The first-order valence-electron chi connectivity index (χ1n) is 7.27. The fraction of sp³-hybridized carbons (Fsp3) is 0.600. The molecule has 2 aromatic heterocycles. The van der Waals surface area contributed by atoms with Gasteiger partial charge in [0.2, 0.25) is 0 Å². The topological polar surface area (TPSA) is 42.2 Å². The third-order valence-electron chi connectivity index (χ3n) is 3.37. The average molecular weight is 260 g/mol. The number of pyridine rings is 1. The Hall–Kier alpha value is -1.42. The van der Waals surface area contributed by atoms with Crippen molar-refractivity contribution in [2.45, 2.75) is 52.5 Å². The molecule has 19 heavy (non-hydrogen) atoms. The van der Waals surface area contributed by atoms with Crippen molar-refractivity contribution in [3.8, 4) is 0 Å². The zero-order valence-corrected chi connectivity index (χ0v) is 12.2. The highest BCUT2D eigenvalue weighted by atomic mass is 15.3. The van der Waals surface area contributed by atoms with Gasteiger partial charge in [0.05, 0.1) is 0 Å². The van der Waals surface area contributed by atoms with Crippen LogP contribution in [0.2, 0.25) is 0 Å². The van der Waals surface area contributed by atoms with E-state index in [1.807, 2.05) is 4.52 Å². The first-order chi connectivity index (χ1) is 9.24. The van der Waals surface area contributed by atoms with E-state index in [4.69, 9.17) is 0 Å². The second kappa shape index (κ2) is 6.66. The normalized spacial score (nSPS) is 13.0. The minimum Gasteiger partial charge on any atom is -0.314 e. The molecule has 4 nitrogen and oxygen atoms in total. The number of rotatable bonds is 7. The van der Waals surface area contributed by atoms with E-state index in [1.165, 1.54) is 30.5 Å². The van der Waals surface area contributed by atoms with Gasteiger partial charge in [-0.2, -0.15) is 5.10 Å². The summed E-state index contributed by atoms with van der Waals surface area (Å²) in [7, 11) is 0. The van der Waals surface area contributed by atoms with Crippen molar-refractivity contribution < 1.29 is 0 Å². The second-order valence-electron chi connectivity index (χ2n) is 5.20. The molecule has 0 bridgehead atoms. The Balaban J connectivity index is 2.19. The number of fused-ring (bicyclic) bond motifs is 1. The summed E-state index contributed by atoms with van der Waals surface area (Å²) < 4.78 is 1.96. The first-order valence-corrected chi connectivity index (χ1v) is 7.27. The molecule has 2 aromatic rings. The Morgan fingerprint density at radius 1 is 1.26 bits per heavy atom. The Morgan fingerprint density at radius 3 is 2.84 bits per heavy atom. The van der Waals surface area contributed by atoms with Gasteiger partial charge in [0.15, 0.2) is 5.65 Å². The summed E-state index contributed by atoms with van der Waals surface area (Å²) in [6.45, 7) is 7.64. The SMILES string of the molecule is CCCNC(CCC)Cc1cc(C)cc2ncnn12. The van der Waals surface area contributed by atoms with E-state index >= 15 is 0 Å². The van der Waals surface area contributed by atoms with Gasteiger partial charge in [0.25, 0.3) is 0 Å². The fourth-order valence-electron chi connectivity index (χ4n) is 2.51.